The van der Waals surface area contributed by atoms with Crippen molar-refractivity contribution < 1.29 is 14.3 Å². The number of benzene rings is 2. The standard InChI is InChI=1S/C20H23NO3/c1-23-16-11-10-15(19(13-16)24-2)12-20(22)21-18-9-5-7-14-6-3-4-8-17(14)18/h3-4,6,8,10-11,13,18H,5,7,9,12H2,1-2H3,(H,21,22). The smallest absolute Gasteiger partial charge is 0.225 e. The molecule has 1 aliphatic rings. The summed E-state index contributed by atoms with van der Waals surface area (Å²) in [7, 11) is 3.22. The molecule has 0 bridgehead atoms. The van der Waals surface area contributed by atoms with Gasteiger partial charge in [-0.1, -0.05) is 30.3 Å². The van der Waals surface area contributed by atoms with E-state index in [0.29, 0.717) is 12.2 Å². The minimum atomic E-state index is 0.0140. The quantitative estimate of drug-likeness (QED) is 0.916. The van der Waals surface area contributed by atoms with Crippen LogP contribution in [0, 0.1) is 0 Å². The first-order valence-corrected chi connectivity index (χ1v) is 8.29. The molecule has 4 heteroatoms. The number of hydrogen-bond acceptors (Lipinski definition) is 3. The van der Waals surface area contributed by atoms with E-state index in [1.807, 2.05) is 18.2 Å². The predicted octanol–water partition coefficient (Wildman–Crippen LogP) is 3.44. The Hall–Kier alpha value is -2.49. The minimum absolute atomic E-state index is 0.0140. The summed E-state index contributed by atoms with van der Waals surface area (Å²) in [6.45, 7) is 0. The first kappa shape index (κ1) is 16.4. The third-order valence-corrected chi connectivity index (χ3v) is 4.55. The van der Waals surface area contributed by atoms with Crippen molar-refractivity contribution in [3.63, 3.8) is 0 Å². The Morgan fingerprint density at radius 1 is 1.17 bits per heavy atom. The summed E-state index contributed by atoms with van der Waals surface area (Å²) in [6.07, 6.45) is 3.48. The highest BCUT2D eigenvalue weighted by molar-refractivity contribution is 5.80. The molecule has 0 heterocycles. The molecule has 0 aromatic heterocycles. The Morgan fingerprint density at radius 3 is 2.79 bits per heavy atom. The van der Waals surface area contributed by atoms with Gasteiger partial charge in [-0.3, -0.25) is 4.79 Å². The van der Waals surface area contributed by atoms with Crippen LogP contribution >= 0.6 is 0 Å². The third kappa shape index (κ3) is 3.53. The van der Waals surface area contributed by atoms with E-state index in [2.05, 4.69) is 23.5 Å². The maximum atomic E-state index is 12.5. The lowest BCUT2D eigenvalue weighted by Crippen LogP contribution is -2.32. The summed E-state index contributed by atoms with van der Waals surface area (Å²) >= 11 is 0. The second kappa shape index (κ2) is 7.39. The van der Waals surface area contributed by atoms with Gasteiger partial charge in [0.25, 0.3) is 0 Å². The molecule has 1 aliphatic carbocycles. The van der Waals surface area contributed by atoms with Crippen LogP contribution in [-0.4, -0.2) is 20.1 Å². The molecule has 0 saturated carbocycles. The summed E-state index contributed by atoms with van der Waals surface area (Å²) in [4.78, 5) is 12.5. The zero-order valence-corrected chi connectivity index (χ0v) is 14.2. The predicted molar refractivity (Wildman–Crippen MR) is 93.5 cm³/mol. The lowest BCUT2D eigenvalue weighted by molar-refractivity contribution is -0.121. The molecule has 1 atom stereocenters. The van der Waals surface area contributed by atoms with Gasteiger partial charge in [0.15, 0.2) is 0 Å². The highest BCUT2D eigenvalue weighted by atomic mass is 16.5. The van der Waals surface area contributed by atoms with Gasteiger partial charge in [0.1, 0.15) is 11.5 Å². The molecule has 2 aromatic rings. The molecule has 4 nitrogen and oxygen atoms in total. The fourth-order valence-electron chi connectivity index (χ4n) is 3.32. The first-order valence-electron chi connectivity index (χ1n) is 8.29. The van der Waals surface area contributed by atoms with Crippen molar-refractivity contribution in [2.45, 2.75) is 31.7 Å². The van der Waals surface area contributed by atoms with Crippen LogP contribution in [0.5, 0.6) is 11.5 Å². The van der Waals surface area contributed by atoms with Crippen LogP contribution in [0.2, 0.25) is 0 Å². The van der Waals surface area contributed by atoms with Gasteiger partial charge in [0.05, 0.1) is 26.7 Å². The zero-order chi connectivity index (χ0) is 16.9. The van der Waals surface area contributed by atoms with Crippen LogP contribution in [0.4, 0.5) is 0 Å². The number of methoxy groups -OCH3 is 2. The number of ether oxygens (including phenoxy) is 2. The number of hydrogen-bond donors (Lipinski definition) is 1. The van der Waals surface area contributed by atoms with Crippen LogP contribution in [0.1, 0.15) is 35.6 Å². The lowest BCUT2D eigenvalue weighted by Gasteiger charge is -2.26. The molecule has 3 rings (SSSR count). The summed E-state index contributed by atoms with van der Waals surface area (Å²) < 4.78 is 10.6. The SMILES string of the molecule is COc1ccc(CC(=O)NC2CCCc3ccccc32)c(OC)c1. The number of nitrogens with one attached hydrogen (secondary N) is 1. The van der Waals surface area contributed by atoms with Gasteiger partial charge in [0.2, 0.25) is 5.91 Å². The van der Waals surface area contributed by atoms with Gasteiger partial charge in [-0.2, -0.15) is 0 Å². The molecular formula is C20H23NO3. The van der Waals surface area contributed by atoms with Gasteiger partial charge >= 0.3 is 0 Å². The second-order valence-electron chi connectivity index (χ2n) is 6.07. The van der Waals surface area contributed by atoms with Crippen molar-refractivity contribution in [3.05, 3.63) is 59.2 Å². The first-order chi connectivity index (χ1) is 11.7. The van der Waals surface area contributed by atoms with E-state index in [4.69, 9.17) is 9.47 Å². The normalized spacial score (nSPS) is 16.2. The van der Waals surface area contributed by atoms with Gasteiger partial charge in [0, 0.05) is 11.6 Å². The van der Waals surface area contributed by atoms with Crippen LogP contribution in [0.15, 0.2) is 42.5 Å². The van der Waals surface area contributed by atoms with E-state index in [1.165, 1.54) is 11.1 Å². The zero-order valence-electron chi connectivity index (χ0n) is 14.2. The van der Waals surface area contributed by atoms with Crippen LogP contribution in [0.25, 0.3) is 0 Å². The van der Waals surface area contributed by atoms with E-state index >= 15 is 0 Å². The molecule has 0 spiro atoms. The molecule has 126 valence electrons. The number of carbonyl (C=O) groups excluding carboxylic acids is 1. The molecule has 24 heavy (non-hydrogen) atoms. The van der Waals surface area contributed by atoms with Crippen molar-refractivity contribution in [2.75, 3.05) is 14.2 Å². The Balaban J connectivity index is 1.71. The van der Waals surface area contributed by atoms with Crippen molar-refractivity contribution in [1.29, 1.82) is 0 Å². The fraction of sp³-hybridized carbons (Fsp3) is 0.350. The molecule has 2 aromatic carbocycles. The van der Waals surface area contributed by atoms with Gasteiger partial charge < -0.3 is 14.8 Å². The Kier molecular flexibility index (Phi) is 5.04. The summed E-state index contributed by atoms with van der Waals surface area (Å²) in [5, 5.41) is 3.18. The molecule has 1 amide bonds. The molecule has 0 fully saturated rings. The lowest BCUT2D eigenvalue weighted by atomic mass is 9.87. The van der Waals surface area contributed by atoms with Gasteiger partial charge in [-0.25, -0.2) is 0 Å². The Bertz CT molecular complexity index is 727. The summed E-state index contributed by atoms with van der Waals surface area (Å²) in [5.74, 6) is 1.41. The van der Waals surface area contributed by atoms with Crippen LogP contribution in [-0.2, 0) is 17.6 Å². The number of rotatable bonds is 5. The highest BCUT2D eigenvalue weighted by Crippen LogP contribution is 2.30. The largest absolute Gasteiger partial charge is 0.497 e. The Labute approximate surface area is 142 Å². The minimum Gasteiger partial charge on any atom is -0.497 e. The second-order valence-corrected chi connectivity index (χ2v) is 6.07. The van der Waals surface area contributed by atoms with Gasteiger partial charge in [-0.15, -0.1) is 0 Å². The van der Waals surface area contributed by atoms with Gasteiger partial charge in [-0.05, 0) is 36.5 Å². The summed E-state index contributed by atoms with van der Waals surface area (Å²) in [6, 6.07) is 14.0. The van der Waals surface area contributed by atoms with E-state index in [9.17, 15) is 4.79 Å². The average molecular weight is 325 g/mol. The number of carbonyl (C=O) groups is 1. The number of fused-ring (bicyclic) bond motifs is 1. The van der Waals surface area contributed by atoms with E-state index in [0.717, 1.165) is 30.6 Å². The van der Waals surface area contributed by atoms with Crippen molar-refractivity contribution >= 4 is 5.91 Å². The fourth-order valence-corrected chi connectivity index (χ4v) is 3.32. The molecular weight excluding hydrogens is 302 g/mol. The van der Waals surface area contributed by atoms with Crippen LogP contribution < -0.4 is 14.8 Å². The molecule has 1 unspecified atom stereocenters. The number of amides is 1. The summed E-state index contributed by atoms with van der Waals surface area (Å²) in [5.41, 5.74) is 3.45. The molecule has 0 saturated heterocycles. The molecule has 1 N–H and O–H groups in total. The molecule has 0 radical (unpaired) electrons. The topological polar surface area (TPSA) is 47.6 Å². The maximum absolute atomic E-state index is 12.5. The van der Waals surface area contributed by atoms with Crippen molar-refractivity contribution in [2.24, 2.45) is 0 Å². The van der Waals surface area contributed by atoms with Crippen LogP contribution in [0.3, 0.4) is 0 Å². The molecule has 0 aliphatic heterocycles. The maximum Gasteiger partial charge on any atom is 0.225 e. The third-order valence-electron chi connectivity index (χ3n) is 4.55. The van der Waals surface area contributed by atoms with Crippen molar-refractivity contribution in [1.82, 2.24) is 5.32 Å². The monoisotopic (exact) mass is 325 g/mol. The average Bonchev–Trinajstić information content (AvgIpc) is 2.62. The van der Waals surface area contributed by atoms with Crippen molar-refractivity contribution in [3.8, 4) is 11.5 Å². The van der Waals surface area contributed by atoms with E-state index < -0.39 is 0 Å². The number of aryl methyl sites for hydroxylation is 1. The Morgan fingerprint density at radius 2 is 2.00 bits per heavy atom. The van der Waals surface area contributed by atoms with E-state index in [-0.39, 0.29) is 11.9 Å². The highest BCUT2D eigenvalue weighted by Gasteiger charge is 2.21. The van der Waals surface area contributed by atoms with E-state index in [1.54, 1.807) is 20.3 Å².